The molecule has 3 aliphatic rings. The zero-order chi connectivity index (χ0) is 10.5. The molecule has 0 heterocycles. The Bertz CT molecular complexity index is 365. The van der Waals surface area contributed by atoms with Crippen LogP contribution in [0, 0.1) is 11.8 Å². The van der Waals surface area contributed by atoms with E-state index in [1.165, 1.54) is 24.8 Å². The summed E-state index contributed by atoms with van der Waals surface area (Å²) in [5.74, 6) is 1.35. The van der Waals surface area contributed by atoms with Crippen LogP contribution in [0.2, 0.25) is 0 Å². The quantitative estimate of drug-likeness (QED) is 0.872. The highest BCUT2D eigenvalue weighted by atomic mass is 79.9. The minimum Gasteiger partial charge on any atom is -0.396 e. The molecule has 1 unspecified atom stereocenters. The van der Waals surface area contributed by atoms with Crippen LogP contribution in [0.15, 0.2) is 28.7 Å². The van der Waals surface area contributed by atoms with Crippen LogP contribution in [0.3, 0.4) is 0 Å². The third-order valence-electron chi connectivity index (χ3n) is 4.32. The van der Waals surface area contributed by atoms with E-state index >= 15 is 0 Å². The Labute approximate surface area is 98.6 Å². The van der Waals surface area contributed by atoms with Gasteiger partial charge in [0, 0.05) is 11.1 Å². The Morgan fingerprint density at radius 1 is 1.20 bits per heavy atom. The zero-order valence-electron chi connectivity index (χ0n) is 8.62. The number of hydrogen-bond donors (Lipinski definition) is 1. The van der Waals surface area contributed by atoms with Gasteiger partial charge in [0.05, 0.1) is 0 Å². The lowest BCUT2D eigenvalue weighted by molar-refractivity contribution is 0.177. The van der Waals surface area contributed by atoms with E-state index in [4.69, 9.17) is 0 Å². The molecule has 15 heavy (non-hydrogen) atoms. The fourth-order valence-corrected chi connectivity index (χ4v) is 3.75. The summed E-state index contributed by atoms with van der Waals surface area (Å²) in [5.41, 5.74) is 1.89. The van der Waals surface area contributed by atoms with Gasteiger partial charge in [-0.1, -0.05) is 28.1 Å². The number of aliphatic hydroxyl groups is 1. The van der Waals surface area contributed by atoms with Gasteiger partial charge in [0.15, 0.2) is 0 Å². The average molecular weight is 267 g/mol. The molecule has 0 aliphatic heterocycles. The van der Waals surface area contributed by atoms with Crippen LogP contribution in [-0.4, -0.2) is 11.7 Å². The van der Waals surface area contributed by atoms with Crippen molar-refractivity contribution in [3.8, 4) is 0 Å². The Balaban J connectivity index is 1.87. The molecular weight excluding hydrogens is 252 g/mol. The zero-order valence-corrected chi connectivity index (χ0v) is 10.2. The number of aliphatic hydroxyl groups excluding tert-OH is 1. The summed E-state index contributed by atoms with van der Waals surface area (Å²) in [7, 11) is 0. The van der Waals surface area contributed by atoms with Gasteiger partial charge in [0.1, 0.15) is 0 Å². The van der Waals surface area contributed by atoms with Crippen LogP contribution >= 0.6 is 15.9 Å². The van der Waals surface area contributed by atoms with Crippen LogP contribution in [0.5, 0.6) is 0 Å². The third kappa shape index (κ3) is 1.38. The largest absolute Gasteiger partial charge is 0.396 e. The van der Waals surface area contributed by atoms with Gasteiger partial charge in [-0.05, 0) is 54.2 Å². The summed E-state index contributed by atoms with van der Waals surface area (Å²) in [6.45, 7) is 0.378. The predicted molar refractivity (Wildman–Crippen MR) is 63.7 cm³/mol. The predicted octanol–water partition coefficient (Wildman–Crippen LogP) is 3.11. The highest BCUT2D eigenvalue weighted by Crippen LogP contribution is 2.62. The molecule has 80 valence electrons. The highest BCUT2D eigenvalue weighted by molar-refractivity contribution is 9.10. The standard InChI is InChI=1S/C13H15BrO/c14-12-3-1-11(2-4-12)13-5-9(6-13)10(7-13)8-15/h1-4,9-10,15H,5-8H2. The van der Waals surface area contributed by atoms with E-state index in [1.807, 2.05) is 0 Å². The lowest BCUT2D eigenvalue weighted by Gasteiger charge is -2.39. The van der Waals surface area contributed by atoms with Crippen LogP contribution in [0.1, 0.15) is 24.8 Å². The molecule has 3 fully saturated rings. The SMILES string of the molecule is OCC1CC2(c3ccc(Br)cc3)CC1C2. The topological polar surface area (TPSA) is 20.2 Å². The highest BCUT2D eigenvalue weighted by Gasteiger charge is 2.56. The molecular formula is C13H15BrO. The molecule has 2 heteroatoms. The van der Waals surface area contributed by atoms with Crippen LogP contribution in [0.25, 0.3) is 0 Å². The van der Waals surface area contributed by atoms with Gasteiger partial charge in [-0.15, -0.1) is 0 Å². The average Bonchev–Trinajstić information content (AvgIpc) is 2.73. The maximum absolute atomic E-state index is 9.26. The Morgan fingerprint density at radius 3 is 2.40 bits per heavy atom. The molecule has 1 aromatic carbocycles. The maximum Gasteiger partial charge on any atom is 0.0462 e. The van der Waals surface area contributed by atoms with Gasteiger partial charge < -0.3 is 5.11 Å². The van der Waals surface area contributed by atoms with Gasteiger partial charge in [-0.2, -0.15) is 0 Å². The van der Waals surface area contributed by atoms with Crippen molar-refractivity contribution < 1.29 is 5.11 Å². The number of rotatable bonds is 2. The first-order valence-corrected chi connectivity index (χ1v) is 6.40. The van der Waals surface area contributed by atoms with E-state index in [9.17, 15) is 5.11 Å². The molecule has 0 aromatic heterocycles. The summed E-state index contributed by atoms with van der Waals surface area (Å²) in [5, 5.41) is 9.26. The van der Waals surface area contributed by atoms with Crippen molar-refractivity contribution in [2.45, 2.75) is 24.7 Å². The fraction of sp³-hybridized carbons (Fsp3) is 0.538. The van der Waals surface area contributed by atoms with Crippen molar-refractivity contribution in [2.24, 2.45) is 11.8 Å². The van der Waals surface area contributed by atoms with Crippen molar-refractivity contribution in [1.82, 2.24) is 0 Å². The molecule has 1 N–H and O–H groups in total. The van der Waals surface area contributed by atoms with Crippen molar-refractivity contribution in [3.63, 3.8) is 0 Å². The van der Waals surface area contributed by atoms with E-state index < -0.39 is 0 Å². The van der Waals surface area contributed by atoms with Crippen LogP contribution < -0.4 is 0 Å². The maximum atomic E-state index is 9.26. The Kier molecular flexibility index (Phi) is 2.18. The number of benzene rings is 1. The first-order chi connectivity index (χ1) is 7.23. The van der Waals surface area contributed by atoms with Crippen molar-refractivity contribution >= 4 is 15.9 Å². The normalized spacial score (nSPS) is 37.7. The number of fused-ring (bicyclic) bond motifs is 1. The van der Waals surface area contributed by atoms with Crippen molar-refractivity contribution in [1.29, 1.82) is 0 Å². The van der Waals surface area contributed by atoms with E-state index in [2.05, 4.69) is 40.2 Å². The van der Waals surface area contributed by atoms with Crippen LogP contribution in [-0.2, 0) is 5.41 Å². The number of hydrogen-bond acceptors (Lipinski definition) is 1. The molecule has 0 saturated heterocycles. The number of halogens is 1. The van der Waals surface area contributed by atoms with Gasteiger partial charge in [0.25, 0.3) is 0 Å². The first-order valence-electron chi connectivity index (χ1n) is 5.60. The van der Waals surface area contributed by atoms with Gasteiger partial charge in [-0.3, -0.25) is 0 Å². The van der Waals surface area contributed by atoms with E-state index in [0.29, 0.717) is 17.9 Å². The second-order valence-electron chi connectivity index (χ2n) is 5.10. The van der Waals surface area contributed by atoms with Crippen LogP contribution in [0.4, 0.5) is 0 Å². The van der Waals surface area contributed by atoms with Crippen molar-refractivity contribution in [2.75, 3.05) is 6.61 Å². The molecule has 1 atom stereocenters. The second-order valence-corrected chi connectivity index (χ2v) is 6.02. The molecule has 0 amide bonds. The molecule has 2 bridgehead atoms. The second kappa shape index (κ2) is 3.33. The van der Waals surface area contributed by atoms with Gasteiger partial charge >= 0.3 is 0 Å². The summed E-state index contributed by atoms with van der Waals surface area (Å²) in [6, 6.07) is 8.73. The van der Waals surface area contributed by atoms with E-state index in [-0.39, 0.29) is 0 Å². The summed E-state index contributed by atoms with van der Waals surface area (Å²) < 4.78 is 1.15. The van der Waals surface area contributed by atoms with Gasteiger partial charge in [-0.25, -0.2) is 0 Å². The lowest BCUT2D eigenvalue weighted by atomic mass is 9.65. The summed E-state index contributed by atoms with van der Waals surface area (Å²) in [6.07, 6.45) is 3.77. The summed E-state index contributed by atoms with van der Waals surface area (Å²) in [4.78, 5) is 0. The monoisotopic (exact) mass is 266 g/mol. The molecule has 0 spiro atoms. The molecule has 1 aromatic rings. The Hall–Kier alpha value is -0.340. The minimum atomic E-state index is 0.378. The van der Waals surface area contributed by atoms with E-state index in [0.717, 1.165) is 10.4 Å². The third-order valence-corrected chi connectivity index (χ3v) is 4.85. The van der Waals surface area contributed by atoms with Crippen molar-refractivity contribution in [3.05, 3.63) is 34.3 Å². The molecule has 4 rings (SSSR count). The minimum absolute atomic E-state index is 0.378. The fourth-order valence-electron chi connectivity index (χ4n) is 3.48. The molecule has 3 aliphatic carbocycles. The molecule has 3 saturated carbocycles. The van der Waals surface area contributed by atoms with Gasteiger partial charge in [0.2, 0.25) is 0 Å². The van der Waals surface area contributed by atoms with E-state index in [1.54, 1.807) is 0 Å². The molecule has 0 radical (unpaired) electrons. The smallest absolute Gasteiger partial charge is 0.0462 e. The Morgan fingerprint density at radius 2 is 1.87 bits per heavy atom. The summed E-state index contributed by atoms with van der Waals surface area (Å²) >= 11 is 3.47. The lowest BCUT2D eigenvalue weighted by Crippen LogP contribution is -2.32. The molecule has 1 nitrogen and oxygen atoms in total. The first kappa shape index (κ1) is 9.86.